The van der Waals surface area contributed by atoms with Gasteiger partial charge in [0.2, 0.25) is 5.91 Å². The molecule has 0 saturated carbocycles. The van der Waals surface area contributed by atoms with Crippen LogP contribution in [0.1, 0.15) is 10.5 Å². The molecule has 1 aromatic heterocycles. The molecule has 6 nitrogen and oxygen atoms in total. The van der Waals surface area contributed by atoms with Crippen molar-refractivity contribution in [2.45, 2.75) is 0 Å². The van der Waals surface area contributed by atoms with E-state index in [9.17, 15) is 14.0 Å². The minimum absolute atomic E-state index is 0.0288. The number of carbonyl (C=O) groups excluding carboxylic acids is 2. The van der Waals surface area contributed by atoms with Crippen molar-refractivity contribution in [2.75, 3.05) is 39.9 Å². The predicted molar refractivity (Wildman–Crippen MR) is 87.6 cm³/mol. The normalized spacial score (nSPS) is 15.1. The number of hydrogen-bond acceptors (Lipinski definition) is 3. The van der Waals surface area contributed by atoms with E-state index in [1.54, 1.807) is 21.9 Å². The van der Waals surface area contributed by atoms with E-state index in [0.29, 0.717) is 31.7 Å². The molecule has 0 bridgehead atoms. The Labute approximate surface area is 143 Å². The summed E-state index contributed by atoms with van der Waals surface area (Å²) in [5.74, 6) is -0.868. The number of aromatic nitrogens is 1. The molecule has 128 valence electrons. The van der Waals surface area contributed by atoms with Crippen molar-refractivity contribution in [3.05, 3.63) is 34.7 Å². The standard InChI is InChI=1S/C16H17ClFN3O3/c1-24-9-12(22)20-5-7-21(8-6-20)16(23)15-14(17)13-10(18)3-2-4-11(13)19-15/h2-4,19H,5-9H2,1H3. The highest BCUT2D eigenvalue weighted by molar-refractivity contribution is 6.38. The number of aromatic amines is 1. The molecule has 1 aliphatic heterocycles. The SMILES string of the molecule is COCC(=O)N1CCN(C(=O)c2[nH]c3cccc(F)c3c2Cl)CC1. The van der Waals surface area contributed by atoms with Crippen LogP contribution in [0.3, 0.4) is 0 Å². The van der Waals surface area contributed by atoms with Crippen molar-refractivity contribution in [2.24, 2.45) is 0 Å². The van der Waals surface area contributed by atoms with Gasteiger partial charge >= 0.3 is 0 Å². The minimum Gasteiger partial charge on any atom is -0.375 e. The average Bonchev–Trinajstić information content (AvgIpc) is 2.93. The molecule has 2 aromatic rings. The van der Waals surface area contributed by atoms with E-state index < -0.39 is 5.82 Å². The van der Waals surface area contributed by atoms with Gasteiger partial charge in [-0.15, -0.1) is 0 Å². The van der Waals surface area contributed by atoms with E-state index in [-0.39, 0.29) is 34.5 Å². The Bertz CT molecular complexity index is 784. The van der Waals surface area contributed by atoms with Gasteiger partial charge in [-0.3, -0.25) is 9.59 Å². The molecule has 0 aliphatic carbocycles. The molecule has 1 fully saturated rings. The summed E-state index contributed by atoms with van der Waals surface area (Å²) in [5.41, 5.74) is 0.658. The van der Waals surface area contributed by atoms with Crippen molar-refractivity contribution in [3.8, 4) is 0 Å². The highest BCUT2D eigenvalue weighted by Crippen LogP contribution is 2.30. The molecule has 0 spiro atoms. The molecule has 0 atom stereocenters. The number of benzene rings is 1. The summed E-state index contributed by atoms with van der Waals surface area (Å²) in [6.07, 6.45) is 0. The van der Waals surface area contributed by atoms with Crippen molar-refractivity contribution < 1.29 is 18.7 Å². The van der Waals surface area contributed by atoms with Crippen LogP contribution in [0.25, 0.3) is 10.9 Å². The number of H-pyrrole nitrogens is 1. The molecular weight excluding hydrogens is 337 g/mol. The second kappa shape index (κ2) is 6.78. The lowest BCUT2D eigenvalue weighted by molar-refractivity contribution is -0.136. The van der Waals surface area contributed by atoms with Crippen LogP contribution in [-0.4, -0.2) is 66.5 Å². The summed E-state index contributed by atoms with van der Waals surface area (Å²) in [6, 6.07) is 4.53. The predicted octanol–water partition coefficient (Wildman–Crippen LogP) is 1.89. The summed E-state index contributed by atoms with van der Waals surface area (Å²) in [6.45, 7) is 1.67. The molecule has 2 amide bonds. The first-order valence-corrected chi connectivity index (χ1v) is 7.92. The highest BCUT2D eigenvalue weighted by Gasteiger charge is 2.28. The third kappa shape index (κ3) is 2.97. The van der Waals surface area contributed by atoms with Crippen molar-refractivity contribution >= 4 is 34.3 Å². The number of hydrogen-bond donors (Lipinski definition) is 1. The molecule has 1 N–H and O–H groups in total. The second-order valence-electron chi connectivity index (χ2n) is 5.58. The summed E-state index contributed by atoms with van der Waals surface area (Å²) in [5, 5.41) is 0.308. The van der Waals surface area contributed by atoms with Gasteiger partial charge in [0, 0.05) is 33.3 Å². The lowest BCUT2D eigenvalue weighted by Crippen LogP contribution is -2.51. The Kier molecular flexibility index (Phi) is 4.73. The Balaban J connectivity index is 1.76. The summed E-state index contributed by atoms with van der Waals surface area (Å²) in [4.78, 5) is 30.6. The molecule has 1 aromatic carbocycles. The highest BCUT2D eigenvalue weighted by atomic mass is 35.5. The van der Waals surface area contributed by atoms with Gasteiger partial charge in [-0.2, -0.15) is 0 Å². The zero-order valence-electron chi connectivity index (χ0n) is 13.1. The molecule has 0 unspecified atom stereocenters. The first kappa shape index (κ1) is 16.7. The van der Waals surface area contributed by atoms with Gasteiger partial charge < -0.3 is 19.5 Å². The molecule has 2 heterocycles. The van der Waals surface area contributed by atoms with E-state index in [4.69, 9.17) is 16.3 Å². The fourth-order valence-electron chi connectivity index (χ4n) is 2.85. The maximum absolute atomic E-state index is 13.9. The maximum Gasteiger partial charge on any atom is 0.271 e. The maximum atomic E-state index is 13.9. The van der Waals surface area contributed by atoms with Crippen molar-refractivity contribution in [1.29, 1.82) is 0 Å². The number of fused-ring (bicyclic) bond motifs is 1. The third-order valence-electron chi connectivity index (χ3n) is 4.11. The van der Waals surface area contributed by atoms with Gasteiger partial charge in [0.15, 0.2) is 0 Å². The molecular formula is C16H17ClFN3O3. The topological polar surface area (TPSA) is 65.6 Å². The van der Waals surface area contributed by atoms with Gasteiger partial charge in [0.1, 0.15) is 18.1 Å². The largest absolute Gasteiger partial charge is 0.375 e. The van der Waals surface area contributed by atoms with Crippen LogP contribution in [0.2, 0.25) is 5.02 Å². The van der Waals surface area contributed by atoms with Crippen LogP contribution in [0, 0.1) is 5.82 Å². The summed E-state index contributed by atoms with van der Waals surface area (Å²) < 4.78 is 18.7. The van der Waals surface area contributed by atoms with Gasteiger partial charge in [-0.25, -0.2) is 4.39 Å². The number of amides is 2. The van der Waals surface area contributed by atoms with Gasteiger partial charge in [0.05, 0.1) is 15.9 Å². The van der Waals surface area contributed by atoms with Crippen LogP contribution in [-0.2, 0) is 9.53 Å². The number of rotatable bonds is 3. The summed E-state index contributed by atoms with van der Waals surface area (Å²) >= 11 is 6.20. The minimum atomic E-state index is -0.470. The van der Waals surface area contributed by atoms with Crippen LogP contribution in [0.4, 0.5) is 4.39 Å². The number of ether oxygens (including phenoxy) is 1. The first-order chi connectivity index (χ1) is 11.5. The molecule has 8 heteroatoms. The zero-order valence-corrected chi connectivity index (χ0v) is 13.9. The molecule has 0 radical (unpaired) electrons. The fourth-order valence-corrected chi connectivity index (χ4v) is 3.17. The molecule has 3 rings (SSSR count). The van der Waals surface area contributed by atoms with Crippen LogP contribution in [0.5, 0.6) is 0 Å². The van der Waals surface area contributed by atoms with E-state index in [1.165, 1.54) is 13.2 Å². The fraction of sp³-hybridized carbons (Fsp3) is 0.375. The van der Waals surface area contributed by atoms with Crippen molar-refractivity contribution in [1.82, 2.24) is 14.8 Å². The Morgan fingerprint density at radius 1 is 1.25 bits per heavy atom. The van der Waals surface area contributed by atoms with E-state index >= 15 is 0 Å². The smallest absolute Gasteiger partial charge is 0.271 e. The lowest BCUT2D eigenvalue weighted by atomic mass is 10.2. The average molecular weight is 354 g/mol. The van der Waals surface area contributed by atoms with Crippen LogP contribution >= 0.6 is 11.6 Å². The van der Waals surface area contributed by atoms with Gasteiger partial charge in [0.25, 0.3) is 5.91 Å². The van der Waals surface area contributed by atoms with Crippen molar-refractivity contribution in [3.63, 3.8) is 0 Å². The third-order valence-corrected chi connectivity index (χ3v) is 4.49. The van der Waals surface area contributed by atoms with E-state index in [0.717, 1.165) is 0 Å². The van der Waals surface area contributed by atoms with Gasteiger partial charge in [-0.05, 0) is 12.1 Å². The van der Waals surface area contributed by atoms with E-state index in [1.807, 2.05) is 0 Å². The Hall–Kier alpha value is -2.12. The number of halogens is 2. The lowest BCUT2D eigenvalue weighted by Gasteiger charge is -2.34. The Morgan fingerprint density at radius 3 is 2.54 bits per heavy atom. The van der Waals surface area contributed by atoms with Gasteiger partial charge in [-0.1, -0.05) is 17.7 Å². The second-order valence-corrected chi connectivity index (χ2v) is 5.96. The number of piperazine rings is 1. The number of nitrogens with one attached hydrogen (secondary N) is 1. The molecule has 24 heavy (non-hydrogen) atoms. The zero-order chi connectivity index (χ0) is 17.3. The van der Waals surface area contributed by atoms with Crippen LogP contribution < -0.4 is 0 Å². The first-order valence-electron chi connectivity index (χ1n) is 7.54. The number of nitrogens with zero attached hydrogens (tertiary/aromatic N) is 2. The molecule has 1 saturated heterocycles. The number of carbonyl (C=O) groups is 2. The van der Waals surface area contributed by atoms with Crippen LogP contribution in [0.15, 0.2) is 18.2 Å². The monoisotopic (exact) mass is 353 g/mol. The molecule has 1 aliphatic rings. The van der Waals surface area contributed by atoms with E-state index in [2.05, 4.69) is 4.98 Å². The Morgan fingerprint density at radius 2 is 1.92 bits per heavy atom. The quantitative estimate of drug-likeness (QED) is 0.916. The summed E-state index contributed by atoms with van der Waals surface area (Å²) in [7, 11) is 1.47. The number of methoxy groups -OCH3 is 1.